The minimum Gasteiger partial charge on any atom is -0.313 e. The zero-order valence-electron chi connectivity index (χ0n) is 12.1. The molecule has 0 spiro atoms. The summed E-state index contributed by atoms with van der Waals surface area (Å²) in [7, 11) is -3.51. The van der Waals surface area contributed by atoms with Crippen LogP contribution in [0, 0.1) is 5.92 Å². The fraction of sp³-hybridized carbons (Fsp3) is 0.600. The first-order valence-corrected chi connectivity index (χ1v) is 9.76. The molecule has 1 aliphatic carbocycles. The third kappa shape index (κ3) is 4.13. The molecule has 0 amide bonds. The number of sulfone groups is 1. The van der Waals surface area contributed by atoms with E-state index in [1.807, 2.05) is 6.92 Å². The number of halogens is 2. The number of hydrogen-bond donors (Lipinski definition) is 1. The second-order valence-corrected chi connectivity index (χ2v) is 8.33. The zero-order valence-corrected chi connectivity index (χ0v) is 14.4. The first-order valence-electron chi connectivity index (χ1n) is 7.36. The van der Waals surface area contributed by atoms with Crippen LogP contribution in [0.1, 0.15) is 32.6 Å². The molecule has 1 N–H and O–H groups in total. The lowest BCUT2D eigenvalue weighted by molar-refractivity contribution is 0.389. The minimum absolute atomic E-state index is 0.0326. The first-order chi connectivity index (χ1) is 9.95. The predicted octanol–water partition coefficient (Wildman–Crippen LogP) is 3.94. The fourth-order valence-electron chi connectivity index (χ4n) is 3.08. The number of rotatable bonds is 6. The molecule has 1 atom stereocenters. The molecule has 0 heterocycles. The van der Waals surface area contributed by atoms with E-state index in [-0.39, 0.29) is 26.7 Å². The van der Waals surface area contributed by atoms with Crippen molar-refractivity contribution in [2.24, 2.45) is 5.92 Å². The lowest BCUT2D eigenvalue weighted by Gasteiger charge is -2.24. The zero-order chi connectivity index (χ0) is 15.5. The number of benzene rings is 1. The van der Waals surface area contributed by atoms with Crippen LogP contribution in [-0.2, 0) is 9.84 Å². The Kier molecular flexibility index (Phi) is 5.95. The maximum absolute atomic E-state index is 12.7. The summed E-state index contributed by atoms with van der Waals surface area (Å²) in [5.41, 5.74) is 0. The summed E-state index contributed by atoms with van der Waals surface area (Å²) in [6, 6.07) is 4.76. The van der Waals surface area contributed by atoms with Gasteiger partial charge in [-0.1, -0.05) is 49.0 Å². The number of hydrogen-bond acceptors (Lipinski definition) is 3. The van der Waals surface area contributed by atoms with Gasteiger partial charge in [-0.25, -0.2) is 8.42 Å². The van der Waals surface area contributed by atoms with Crippen molar-refractivity contribution < 1.29 is 8.42 Å². The number of nitrogens with one attached hydrogen (secondary N) is 1. The summed E-state index contributed by atoms with van der Waals surface area (Å²) in [6.07, 6.45) is 4.53. The van der Waals surface area contributed by atoms with Crippen molar-refractivity contribution in [2.45, 2.75) is 43.5 Å². The molecule has 1 aliphatic rings. The molecule has 21 heavy (non-hydrogen) atoms. The molecule has 1 saturated carbocycles. The Morgan fingerprint density at radius 3 is 2.33 bits per heavy atom. The molecule has 0 aliphatic heterocycles. The van der Waals surface area contributed by atoms with Gasteiger partial charge in [0.05, 0.1) is 15.8 Å². The minimum atomic E-state index is -3.51. The Morgan fingerprint density at radius 2 is 1.81 bits per heavy atom. The van der Waals surface area contributed by atoms with Gasteiger partial charge in [0.1, 0.15) is 4.90 Å². The maximum atomic E-state index is 12.7. The van der Waals surface area contributed by atoms with Crippen molar-refractivity contribution in [3.63, 3.8) is 0 Å². The molecule has 1 unspecified atom stereocenters. The molecule has 1 aromatic rings. The quantitative estimate of drug-likeness (QED) is 0.845. The average molecular weight is 350 g/mol. The van der Waals surface area contributed by atoms with Gasteiger partial charge in [-0.15, -0.1) is 0 Å². The Bertz CT molecular complexity index is 563. The van der Waals surface area contributed by atoms with Gasteiger partial charge in [0.2, 0.25) is 0 Å². The van der Waals surface area contributed by atoms with E-state index < -0.39 is 9.84 Å². The molecule has 0 aromatic heterocycles. The van der Waals surface area contributed by atoms with E-state index in [2.05, 4.69) is 5.32 Å². The van der Waals surface area contributed by atoms with E-state index in [9.17, 15) is 8.42 Å². The molecule has 0 bridgehead atoms. The molecule has 1 fully saturated rings. The van der Waals surface area contributed by atoms with Gasteiger partial charge >= 0.3 is 0 Å². The van der Waals surface area contributed by atoms with Crippen LogP contribution in [0.3, 0.4) is 0 Å². The Morgan fingerprint density at radius 1 is 1.24 bits per heavy atom. The fourth-order valence-corrected chi connectivity index (χ4v) is 5.95. The molecular weight excluding hydrogens is 329 g/mol. The van der Waals surface area contributed by atoms with Crippen molar-refractivity contribution in [3.8, 4) is 0 Å². The maximum Gasteiger partial charge on any atom is 0.182 e. The van der Waals surface area contributed by atoms with Crippen LogP contribution in [0.4, 0.5) is 0 Å². The van der Waals surface area contributed by atoms with Crippen molar-refractivity contribution >= 4 is 33.0 Å². The smallest absolute Gasteiger partial charge is 0.182 e. The van der Waals surface area contributed by atoms with Crippen LogP contribution in [0.25, 0.3) is 0 Å². The van der Waals surface area contributed by atoms with Crippen LogP contribution in [0.5, 0.6) is 0 Å². The summed E-state index contributed by atoms with van der Waals surface area (Å²) >= 11 is 12.1. The van der Waals surface area contributed by atoms with Crippen LogP contribution >= 0.6 is 23.2 Å². The van der Waals surface area contributed by atoms with E-state index in [0.29, 0.717) is 5.92 Å². The lowest BCUT2D eigenvalue weighted by atomic mass is 10.00. The SMILES string of the molecule is CCNC(CS(=O)(=O)c1c(Cl)cccc1Cl)C1CCCC1. The van der Waals surface area contributed by atoms with Gasteiger partial charge in [-0.2, -0.15) is 0 Å². The molecule has 6 heteroatoms. The summed E-state index contributed by atoms with van der Waals surface area (Å²) in [5, 5.41) is 3.72. The van der Waals surface area contributed by atoms with Crippen molar-refractivity contribution in [1.82, 2.24) is 5.32 Å². The highest BCUT2D eigenvalue weighted by Gasteiger charge is 2.31. The van der Waals surface area contributed by atoms with Crippen LogP contribution in [0.15, 0.2) is 23.1 Å². The predicted molar refractivity (Wildman–Crippen MR) is 87.9 cm³/mol. The molecule has 0 saturated heterocycles. The summed E-state index contributed by atoms with van der Waals surface area (Å²) in [4.78, 5) is 0.0641. The van der Waals surface area contributed by atoms with Gasteiger partial charge in [0, 0.05) is 6.04 Å². The average Bonchev–Trinajstić information content (AvgIpc) is 2.91. The van der Waals surface area contributed by atoms with E-state index >= 15 is 0 Å². The van der Waals surface area contributed by atoms with Gasteiger partial charge < -0.3 is 5.32 Å². The second kappa shape index (κ2) is 7.32. The van der Waals surface area contributed by atoms with Gasteiger partial charge in [0.15, 0.2) is 9.84 Å². The lowest BCUT2D eigenvalue weighted by Crippen LogP contribution is -2.40. The summed E-state index contributed by atoms with van der Waals surface area (Å²) in [5.74, 6) is 0.468. The van der Waals surface area contributed by atoms with Crippen molar-refractivity contribution in [1.29, 1.82) is 0 Å². The molecule has 2 rings (SSSR count). The summed E-state index contributed by atoms with van der Waals surface area (Å²) in [6.45, 7) is 2.75. The third-order valence-corrected chi connectivity index (χ3v) is 6.78. The van der Waals surface area contributed by atoms with E-state index in [4.69, 9.17) is 23.2 Å². The highest BCUT2D eigenvalue weighted by atomic mass is 35.5. The van der Waals surface area contributed by atoms with E-state index in [1.165, 1.54) is 12.8 Å². The van der Waals surface area contributed by atoms with Gasteiger partial charge in [-0.3, -0.25) is 0 Å². The Labute approximate surface area is 136 Å². The highest BCUT2D eigenvalue weighted by Crippen LogP contribution is 2.33. The third-order valence-electron chi connectivity index (χ3n) is 4.06. The molecule has 118 valence electrons. The first kappa shape index (κ1) is 17.1. The standard InChI is InChI=1S/C15H21Cl2NO2S/c1-2-18-14(11-6-3-4-7-11)10-21(19,20)15-12(16)8-5-9-13(15)17/h5,8-9,11,14,18H,2-4,6-7,10H2,1H3. The largest absolute Gasteiger partial charge is 0.313 e. The van der Waals surface area contributed by atoms with Crippen LogP contribution < -0.4 is 5.32 Å². The van der Waals surface area contributed by atoms with Crippen molar-refractivity contribution in [3.05, 3.63) is 28.2 Å². The normalized spacial score (nSPS) is 18.0. The van der Waals surface area contributed by atoms with Gasteiger partial charge in [-0.05, 0) is 37.4 Å². The highest BCUT2D eigenvalue weighted by molar-refractivity contribution is 7.91. The van der Waals surface area contributed by atoms with E-state index in [0.717, 1.165) is 19.4 Å². The topological polar surface area (TPSA) is 46.2 Å². The monoisotopic (exact) mass is 349 g/mol. The molecule has 1 aromatic carbocycles. The second-order valence-electron chi connectivity index (χ2n) is 5.54. The molecule has 3 nitrogen and oxygen atoms in total. The van der Waals surface area contributed by atoms with Gasteiger partial charge in [0.25, 0.3) is 0 Å². The van der Waals surface area contributed by atoms with Crippen LogP contribution in [-0.4, -0.2) is 26.8 Å². The molecular formula is C15H21Cl2NO2S. The van der Waals surface area contributed by atoms with Crippen LogP contribution in [0.2, 0.25) is 10.0 Å². The Hall–Kier alpha value is -0.290. The Balaban J connectivity index is 2.25. The van der Waals surface area contributed by atoms with E-state index in [1.54, 1.807) is 18.2 Å². The summed E-state index contributed by atoms with van der Waals surface area (Å²) < 4.78 is 25.4. The van der Waals surface area contributed by atoms with Crippen molar-refractivity contribution in [2.75, 3.05) is 12.3 Å². The molecule has 0 radical (unpaired) electrons.